The molecule has 1 heterocycles. The maximum absolute atomic E-state index is 10.6. The molecule has 2 aliphatic rings. The highest BCUT2D eigenvalue weighted by Crippen LogP contribution is 2.50. The molecule has 4 heteroatoms. The quantitative estimate of drug-likeness (QED) is 0.547. The number of aliphatic hydroxyl groups is 2. The fourth-order valence-electron chi connectivity index (χ4n) is 3.58. The number of piperidine rings is 1. The lowest BCUT2D eigenvalue weighted by Gasteiger charge is -2.57. The van der Waals surface area contributed by atoms with E-state index in [1.165, 1.54) is 0 Å². The first-order chi connectivity index (χ1) is 8.90. The van der Waals surface area contributed by atoms with Gasteiger partial charge in [0.25, 0.3) is 0 Å². The Labute approximate surface area is 113 Å². The highest BCUT2D eigenvalue weighted by atomic mass is 16.5. The summed E-state index contributed by atoms with van der Waals surface area (Å²) in [5, 5.41) is 21.3. The summed E-state index contributed by atoms with van der Waals surface area (Å²) in [5.74, 6) is -1.74. The van der Waals surface area contributed by atoms with Crippen LogP contribution in [0.1, 0.15) is 24.5 Å². The monoisotopic (exact) mass is 258 g/mol. The molecular weight excluding hydrogens is 240 g/mol. The van der Waals surface area contributed by atoms with E-state index in [0.717, 1.165) is 17.7 Å². The zero-order chi connectivity index (χ0) is 13.8. The lowest BCUT2D eigenvalue weighted by Crippen LogP contribution is -2.69. The van der Waals surface area contributed by atoms with E-state index in [1.807, 2.05) is 37.1 Å². The zero-order valence-electron chi connectivity index (χ0n) is 11.2. The Balaban J connectivity index is 2.22. The molecule has 0 spiro atoms. The minimum atomic E-state index is -1.74. The topological polar surface area (TPSA) is 48.1 Å². The summed E-state index contributed by atoms with van der Waals surface area (Å²) in [6.45, 7) is 9.86. The predicted molar refractivity (Wildman–Crippen MR) is 72.0 cm³/mol. The van der Waals surface area contributed by atoms with Gasteiger partial charge in [0.2, 0.25) is 0 Å². The largest absolute Gasteiger partial charge is 0.364 e. The highest BCUT2D eigenvalue weighted by molar-refractivity contribution is 5.54. The van der Waals surface area contributed by atoms with Crippen LogP contribution in [0.5, 0.6) is 0 Å². The van der Waals surface area contributed by atoms with Crippen molar-refractivity contribution in [1.29, 1.82) is 0 Å². The number of benzene rings is 1. The Morgan fingerprint density at radius 1 is 1.42 bits per heavy atom. The minimum Gasteiger partial charge on any atom is -0.364 e. The summed E-state index contributed by atoms with van der Waals surface area (Å²) < 4.78 is 0. The maximum atomic E-state index is 10.6. The third kappa shape index (κ3) is 1.50. The van der Waals surface area contributed by atoms with Crippen LogP contribution in [-0.2, 0) is 11.8 Å². The van der Waals surface area contributed by atoms with Gasteiger partial charge in [0, 0.05) is 5.41 Å². The Hall–Kier alpha value is -1.41. The second kappa shape index (κ2) is 3.80. The fraction of sp³-hybridized carbons (Fsp3) is 0.533. The molecule has 1 aromatic carbocycles. The van der Waals surface area contributed by atoms with Gasteiger partial charge in [0.15, 0.2) is 11.5 Å². The van der Waals surface area contributed by atoms with E-state index in [4.69, 9.17) is 6.57 Å². The summed E-state index contributed by atoms with van der Waals surface area (Å²) in [4.78, 5) is 5.48. The Kier molecular flexibility index (Phi) is 2.52. The Morgan fingerprint density at radius 2 is 2.16 bits per heavy atom. The first-order valence-electron chi connectivity index (χ1n) is 6.56. The Bertz CT molecular complexity index is 576. The smallest absolute Gasteiger partial charge is 0.188 e. The van der Waals surface area contributed by atoms with Crippen LogP contribution >= 0.6 is 0 Å². The molecule has 1 unspecified atom stereocenters. The molecule has 100 valence electrons. The summed E-state index contributed by atoms with van der Waals surface area (Å²) in [5.41, 5.74) is 1.92. The van der Waals surface area contributed by atoms with E-state index in [0.29, 0.717) is 18.5 Å². The lowest BCUT2D eigenvalue weighted by molar-refractivity contribution is -0.270. The number of likely N-dealkylation sites (N-methyl/N-ethyl adjacent to an activating group) is 1. The molecule has 3 rings (SSSR count). The number of fused-ring (bicyclic) bond motifs is 4. The summed E-state index contributed by atoms with van der Waals surface area (Å²) in [6.07, 6.45) is 1.30. The molecular formula is C15H18N2O2. The minimum absolute atomic E-state index is 0.280. The van der Waals surface area contributed by atoms with Gasteiger partial charge in [0.1, 0.15) is 0 Å². The number of rotatable bonds is 0. The third-order valence-corrected chi connectivity index (χ3v) is 5.00. The normalized spacial score (nSPS) is 32.5. The van der Waals surface area contributed by atoms with Crippen LogP contribution < -0.4 is 0 Å². The number of nitrogens with zero attached hydrogens (tertiary/aromatic N) is 2. The van der Waals surface area contributed by atoms with Crippen molar-refractivity contribution in [3.8, 4) is 0 Å². The van der Waals surface area contributed by atoms with E-state index >= 15 is 0 Å². The molecule has 0 aromatic heterocycles. The molecule has 1 aliphatic carbocycles. The van der Waals surface area contributed by atoms with Gasteiger partial charge in [-0.25, -0.2) is 4.85 Å². The standard InChI is InChI=1S/C15H18N2O2/c1-14-6-7-17(3)13(15(14,18)19)8-10-4-5-11(16-2)9-12(10)14/h4-5,9,13,18-19H,6-8H2,1,3H3/t13-,14?/m1/s1. The van der Waals surface area contributed by atoms with E-state index in [-0.39, 0.29) is 6.04 Å². The fourth-order valence-corrected chi connectivity index (χ4v) is 3.58. The first kappa shape index (κ1) is 12.6. The first-order valence-corrected chi connectivity index (χ1v) is 6.56. The van der Waals surface area contributed by atoms with Gasteiger partial charge >= 0.3 is 0 Å². The summed E-state index contributed by atoms with van der Waals surface area (Å²) in [7, 11) is 1.93. The van der Waals surface area contributed by atoms with Gasteiger partial charge in [0.05, 0.1) is 12.6 Å². The zero-order valence-corrected chi connectivity index (χ0v) is 11.2. The number of hydrogen-bond donors (Lipinski definition) is 2. The SMILES string of the molecule is [C-]#[N+]c1ccc2c(c1)C1(C)CCN(C)[C@H](C2)C1(O)O. The van der Waals surface area contributed by atoms with Gasteiger partial charge in [-0.15, -0.1) is 0 Å². The van der Waals surface area contributed by atoms with Gasteiger partial charge in [-0.05, 0) is 37.6 Å². The van der Waals surface area contributed by atoms with E-state index in [1.54, 1.807) is 0 Å². The molecule has 2 atom stereocenters. The van der Waals surface area contributed by atoms with E-state index in [2.05, 4.69) is 4.85 Å². The number of hydrogen-bond acceptors (Lipinski definition) is 3. The molecule has 1 fully saturated rings. The van der Waals surface area contributed by atoms with Crippen molar-refractivity contribution in [2.45, 2.75) is 37.0 Å². The van der Waals surface area contributed by atoms with Gasteiger partial charge in [-0.3, -0.25) is 4.90 Å². The van der Waals surface area contributed by atoms with Crippen molar-refractivity contribution >= 4 is 5.69 Å². The highest BCUT2D eigenvalue weighted by Gasteiger charge is 2.59. The molecule has 2 bridgehead atoms. The van der Waals surface area contributed by atoms with Crippen LogP contribution in [0.25, 0.3) is 4.85 Å². The Morgan fingerprint density at radius 3 is 2.84 bits per heavy atom. The van der Waals surface area contributed by atoms with Gasteiger partial charge in [-0.1, -0.05) is 25.1 Å². The van der Waals surface area contributed by atoms with Gasteiger partial charge in [-0.2, -0.15) is 0 Å². The van der Waals surface area contributed by atoms with Crippen LogP contribution in [0, 0.1) is 6.57 Å². The lowest BCUT2D eigenvalue weighted by atomic mass is 9.61. The van der Waals surface area contributed by atoms with Crippen molar-refractivity contribution in [2.75, 3.05) is 13.6 Å². The van der Waals surface area contributed by atoms with Crippen molar-refractivity contribution in [3.05, 3.63) is 40.7 Å². The second-order valence-corrected chi connectivity index (χ2v) is 5.96. The van der Waals surface area contributed by atoms with Crippen LogP contribution in [-0.4, -0.2) is 40.5 Å². The maximum Gasteiger partial charge on any atom is 0.188 e. The van der Waals surface area contributed by atoms with Crippen molar-refractivity contribution in [2.24, 2.45) is 0 Å². The average Bonchev–Trinajstić information content (AvgIpc) is 2.38. The van der Waals surface area contributed by atoms with Crippen LogP contribution in [0.2, 0.25) is 0 Å². The summed E-state index contributed by atoms with van der Waals surface area (Å²) in [6, 6.07) is 5.32. The van der Waals surface area contributed by atoms with Crippen LogP contribution in [0.4, 0.5) is 5.69 Å². The van der Waals surface area contributed by atoms with Crippen molar-refractivity contribution in [1.82, 2.24) is 4.90 Å². The molecule has 0 amide bonds. The number of likely N-dealkylation sites (tertiary alicyclic amines) is 1. The molecule has 0 saturated carbocycles. The molecule has 4 nitrogen and oxygen atoms in total. The van der Waals surface area contributed by atoms with Crippen molar-refractivity contribution in [3.63, 3.8) is 0 Å². The van der Waals surface area contributed by atoms with Crippen LogP contribution in [0.3, 0.4) is 0 Å². The molecule has 1 aliphatic heterocycles. The van der Waals surface area contributed by atoms with E-state index < -0.39 is 11.2 Å². The molecule has 1 saturated heterocycles. The molecule has 0 radical (unpaired) electrons. The summed E-state index contributed by atoms with van der Waals surface area (Å²) >= 11 is 0. The average molecular weight is 258 g/mol. The van der Waals surface area contributed by atoms with Crippen LogP contribution in [0.15, 0.2) is 18.2 Å². The third-order valence-electron chi connectivity index (χ3n) is 5.00. The predicted octanol–water partition coefficient (Wildman–Crippen LogP) is 1.44. The molecule has 1 aromatic rings. The van der Waals surface area contributed by atoms with E-state index in [9.17, 15) is 10.2 Å². The van der Waals surface area contributed by atoms with Gasteiger partial charge < -0.3 is 10.2 Å². The van der Waals surface area contributed by atoms with Crippen molar-refractivity contribution < 1.29 is 10.2 Å². The molecule has 2 N–H and O–H groups in total. The molecule has 19 heavy (non-hydrogen) atoms. The second-order valence-electron chi connectivity index (χ2n) is 5.96.